The summed E-state index contributed by atoms with van der Waals surface area (Å²) in [7, 11) is 0. The first-order valence-corrected chi connectivity index (χ1v) is 11.9. The summed E-state index contributed by atoms with van der Waals surface area (Å²) in [5.74, 6) is 0.200. The van der Waals surface area contributed by atoms with E-state index in [9.17, 15) is 9.59 Å². The van der Waals surface area contributed by atoms with Gasteiger partial charge in [0.15, 0.2) is 6.61 Å². The van der Waals surface area contributed by atoms with Crippen LogP contribution in [0, 0.1) is 0 Å². The maximum absolute atomic E-state index is 13.2. The minimum absolute atomic E-state index is 0.0913. The van der Waals surface area contributed by atoms with E-state index in [2.05, 4.69) is 21.2 Å². The first-order chi connectivity index (χ1) is 15.0. The largest absolute Gasteiger partial charge is 0.483 e. The number of nitrogens with one attached hydrogen (secondary N) is 1. The molecule has 1 atom stereocenters. The zero-order chi connectivity index (χ0) is 22.2. The van der Waals surface area contributed by atoms with Gasteiger partial charge in [0, 0.05) is 17.6 Å². The fourth-order valence-corrected chi connectivity index (χ4v) is 4.68. The van der Waals surface area contributed by atoms with Crippen LogP contribution >= 0.6 is 27.5 Å². The lowest BCUT2D eigenvalue weighted by Crippen LogP contribution is -2.52. The fraction of sp³-hybridized carbons (Fsp3) is 0.417. The van der Waals surface area contributed by atoms with E-state index in [1.54, 1.807) is 23.1 Å². The fourth-order valence-electron chi connectivity index (χ4n) is 3.88. The molecule has 5 nitrogen and oxygen atoms in total. The molecular weight excluding hydrogens is 480 g/mol. The summed E-state index contributed by atoms with van der Waals surface area (Å²) >= 11 is 9.38. The summed E-state index contributed by atoms with van der Waals surface area (Å²) in [5, 5.41) is 3.72. The number of carbonyl (C=O) groups excluding carboxylic acids is 2. The SMILES string of the molecule is CCC(C(=O)NC1CCCC1)N(Cc1ccccc1)C(=O)COc1ccc(Cl)cc1Br. The summed E-state index contributed by atoms with van der Waals surface area (Å²) in [5.41, 5.74) is 0.968. The van der Waals surface area contributed by atoms with E-state index in [0.717, 1.165) is 31.2 Å². The van der Waals surface area contributed by atoms with Gasteiger partial charge in [-0.2, -0.15) is 0 Å². The summed E-state index contributed by atoms with van der Waals surface area (Å²) in [6.45, 7) is 2.11. The number of halogens is 2. The van der Waals surface area contributed by atoms with Crippen LogP contribution in [0.1, 0.15) is 44.6 Å². The molecule has 166 valence electrons. The number of hydrogen-bond donors (Lipinski definition) is 1. The maximum atomic E-state index is 13.2. The Bertz CT molecular complexity index is 888. The first kappa shape index (κ1) is 23.6. The highest BCUT2D eigenvalue weighted by molar-refractivity contribution is 9.10. The molecule has 3 rings (SSSR count). The van der Waals surface area contributed by atoms with Gasteiger partial charge in [-0.3, -0.25) is 9.59 Å². The molecule has 31 heavy (non-hydrogen) atoms. The average Bonchev–Trinajstić information content (AvgIpc) is 3.26. The van der Waals surface area contributed by atoms with Crippen LogP contribution in [0.3, 0.4) is 0 Å². The predicted molar refractivity (Wildman–Crippen MR) is 126 cm³/mol. The number of ether oxygens (including phenoxy) is 1. The molecule has 1 aliphatic rings. The van der Waals surface area contributed by atoms with Crippen molar-refractivity contribution >= 4 is 39.3 Å². The van der Waals surface area contributed by atoms with Crippen molar-refractivity contribution in [3.05, 3.63) is 63.6 Å². The Balaban J connectivity index is 1.74. The Hall–Kier alpha value is -2.05. The molecule has 1 fully saturated rings. The van der Waals surface area contributed by atoms with E-state index >= 15 is 0 Å². The summed E-state index contributed by atoms with van der Waals surface area (Å²) < 4.78 is 6.43. The predicted octanol–water partition coefficient (Wildman–Crippen LogP) is 5.35. The van der Waals surface area contributed by atoms with Crippen LogP contribution in [0.25, 0.3) is 0 Å². The number of carbonyl (C=O) groups is 2. The van der Waals surface area contributed by atoms with Crippen molar-refractivity contribution in [1.82, 2.24) is 10.2 Å². The maximum Gasteiger partial charge on any atom is 0.261 e. The smallest absolute Gasteiger partial charge is 0.261 e. The molecule has 1 N–H and O–H groups in total. The van der Waals surface area contributed by atoms with Gasteiger partial charge in [0.05, 0.1) is 4.47 Å². The summed E-state index contributed by atoms with van der Waals surface area (Å²) in [4.78, 5) is 27.9. The monoisotopic (exact) mass is 506 g/mol. The highest BCUT2D eigenvalue weighted by atomic mass is 79.9. The van der Waals surface area contributed by atoms with Crippen LogP contribution < -0.4 is 10.1 Å². The second-order valence-corrected chi connectivity index (χ2v) is 9.08. The molecule has 1 saturated carbocycles. The van der Waals surface area contributed by atoms with Crippen molar-refractivity contribution in [3.8, 4) is 5.75 Å². The van der Waals surface area contributed by atoms with Gasteiger partial charge in [0.25, 0.3) is 5.91 Å². The molecule has 0 bridgehead atoms. The van der Waals surface area contributed by atoms with Crippen LogP contribution in [0.2, 0.25) is 5.02 Å². The topological polar surface area (TPSA) is 58.6 Å². The lowest BCUT2D eigenvalue weighted by atomic mass is 10.1. The summed E-state index contributed by atoms with van der Waals surface area (Å²) in [6, 6.07) is 14.5. The van der Waals surface area contributed by atoms with Gasteiger partial charge >= 0.3 is 0 Å². The third kappa shape index (κ3) is 6.71. The van der Waals surface area contributed by atoms with Crippen molar-refractivity contribution < 1.29 is 14.3 Å². The summed E-state index contributed by atoms with van der Waals surface area (Å²) in [6.07, 6.45) is 4.81. The number of amides is 2. The minimum Gasteiger partial charge on any atom is -0.483 e. The third-order valence-electron chi connectivity index (χ3n) is 5.53. The van der Waals surface area contributed by atoms with Crippen molar-refractivity contribution in [2.24, 2.45) is 0 Å². The minimum atomic E-state index is -0.550. The van der Waals surface area contributed by atoms with Crippen molar-refractivity contribution in [2.75, 3.05) is 6.61 Å². The van der Waals surface area contributed by atoms with Gasteiger partial charge in [-0.15, -0.1) is 0 Å². The number of hydrogen-bond acceptors (Lipinski definition) is 3. The molecular formula is C24H28BrClN2O3. The quantitative estimate of drug-likeness (QED) is 0.498. The molecule has 0 radical (unpaired) electrons. The molecule has 0 aliphatic heterocycles. The molecule has 2 aromatic carbocycles. The van der Waals surface area contributed by atoms with Crippen molar-refractivity contribution in [3.63, 3.8) is 0 Å². The molecule has 7 heteroatoms. The van der Waals surface area contributed by atoms with Gasteiger partial charge in [-0.1, -0.05) is 61.7 Å². The van der Waals surface area contributed by atoms with E-state index in [1.165, 1.54) is 0 Å². The van der Waals surface area contributed by atoms with Gasteiger partial charge in [-0.25, -0.2) is 0 Å². The van der Waals surface area contributed by atoms with Crippen LogP contribution in [0.4, 0.5) is 0 Å². The number of rotatable bonds is 9. The number of benzene rings is 2. The van der Waals surface area contributed by atoms with Gasteiger partial charge in [0.1, 0.15) is 11.8 Å². The second-order valence-electron chi connectivity index (χ2n) is 7.78. The number of nitrogens with zero attached hydrogens (tertiary/aromatic N) is 1. The highest BCUT2D eigenvalue weighted by Crippen LogP contribution is 2.28. The normalized spacial score (nSPS) is 14.8. The molecule has 0 aromatic heterocycles. The van der Waals surface area contributed by atoms with Crippen LogP contribution in [-0.4, -0.2) is 35.4 Å². The Kier molecular flexibility index (Phi) is 8.79. The van der Waals surface area contributed by atoms with E-state index in [0.29, 0.717) is 28.2 Å². The molecule has 2 amide bonds. The van der Waals surface area contributed by atoms with Gasteiger partial charge in [-0.05, 0) is 59.0 Å². The standard InChI is InChI=1S/C24H28BrClN2O3/c1-2-21(24(30)27-19-10-6-7-11-19)28(15-17-8-4-3-5-9-17)23(29)16-31-22-13-12-18(26)14-20(22)25/h3-5,8-9,12-14,19,21H,2,6-7,10-11,15-16H2,1H3,(H,27,30). The molecule has 0 heterocycles. The van der Waals surface area contributed by atoms with Crippen LogP contribution in [0.5, 0.6) is 5.75 Å². The van der Waals surface area contributed by atoms with Crippen molar-refractivity contribution in [2.45, 2.75) is 57.7 Å². The van der Waals surface area contributed by atoms with Crippen LogP contribution in [0.15, 0.2) is 53.0 Å². The van der Waals surface area contributed by atoms with Gasteiger partial charge < -0.3 is 15.0 Å². The lowest BCUT2D eigenvalue weighted by Gasteiger charge is -2.31. The van der Waals surface area contributed by atoms with E-state index < -0.39 is 6.04 Å². The molecule has 0 spiro atoms. The second kappa shape index (κ2) is 11.5. The Morgan fingerprint density at radius 3 is 2.55 bits per heavy atom. The molecule has 1 aliphatic carbocycles. The zero-order valence-electron chi connectivity index (χ0n) is 17.7. The van der Waals surface area contributed by atoms with Gasteiger partial charge in [0.2, 0.25) is 5.91 Å². The Labute approximate surface area is 197 Å². The van der Waals surface area contributed by atoms with E-state index in [1.807, 2.05) is 37.3 Å². The van der Waals surface area contributed by atoms with Crippen molar-refractivity contribution in [1.29, 1.82) is 0 Å². The van der Waals surface area contributed by atoms with E-state index in [-0.39, 0.29) is 24.5 Å². The third-order valence-corrected chi connectivity index (χ3v) is 6.38. The zero-order valence-corrected chi connectivity index (χ0v) is 20.0. The first-order valence-electron chi connectivity index (χ1n) is 10.7. The van der Waals surface area contributed by atoms with E-state index in [4.69, 9.17) is 16.3 Å². The molecule has 1 unspecified atom stereocenters. The molecule has 0 saturated heterocycles. The Morgan fingerprint density at radius 1 is 1.19 bits per heavy atom. The van der Waals surface area contributed by atoms with Crippen LogP contribution in [-0.2, 0) is 16.1 Å². The highest BCUT2D eigenvalue weighted by Gasteiger charge is 2.30. The lowest BCUT2D eigenvalue weighted by molar-refractivity contribution is -0.143. The Morgan fingerprint density at radius 2 is 1.90 bits per heavy atom. The molecule has 2 aromatic rings. The average molecular weight is 508 g/mol.